The van der Waals surface area contributed by atoms with E-state index in [9.17, 15) is 9.59 Å². The van der Waals surface area contributed by atoms with Crippen molar-refractivity contribution >= 4 is 34.9 Å². The second-order valence-electron chi connectivity index (χ2n) is 4.84. The number of carboxylic acid groups (broad SMARTS) is 1. The van der Waals surface area contributed by atoms with Gasteiger partial charge in [-0.05, 0) is 18.6 Å². The first-order valence-electron chi connectivity index (χ1n) is 6.76. The molecule has 6 nitrogen and oxygen atoms in total. The number of urea groups is 1. The second-order valence-corrected chi connectivity index (χ2v) is 6.64. The van der Waals surface area contributed by atoms with Crippen LogP contribution in [0.5, 0.6) is 0 Å². The highest BCUT2D eigenvalue weighted by Gasteiger charge is 2.21. The molecule has 2 heterocycles. The Morgan fingerprint density at radius 1 is 1.29 bits per heavy atom. The Labute approximate surface area is 132 Å². The number of rotatable bonds is 5. The zero-order chi connectivity index (χ0) is 15.2. The molecule has 2 amide bonds. The minimum Gasteiger partial charge on any atom is -0.480 e. The van der Waals surface area contributed by atoms with Gasteiger partial charge in [0, 0.05) is 37.6 Å². The van der Waals surface area contributed by atoms with Gasteiger partial charge in [-0.2, -0.15) is 0 Å². The Morgan fingerprint density at radius 3 is 2.57 bits per heavy atom. The van der Waals surface area contributed by atoms with E-state index in [2.05, 4.69) is 5.32 Å². The number of thiophene rings is 1. The molecule has 8 heteroatoms. The van der Waals surface area contributed by atoms with Crippen molar-refractivity contribution in [3.8, 4) is 0 Å². The molecule has 1 aliphatic heterocycles. The van der Waals surface area contributed by atoms with E-state index in [0.29, 0.717) is 32.7 Å². The monoisotopic (exact) mass is 331 g/mol. The van der Waals surface area contributed by atoms with Gasteiger partial charge in [-0.15, -0.1) is 11.3 Å². The minimum absolute atomic E-state index is 0.0363. The Morgan fingerprint density at radius 2 is 2.00 bits per heavy atom. The number of halogens is 1. The minimum atomic E-state index is -0.831. The summed E-state index contributed by atoms with van der Waals surface area (Å²) in [5, 5.41) is 11.6. The van der Waals surface area contributed by atoms with Crippen LogP contribution in [0.2, 0.25) is 4.34 Å². The predicted molar refractivity (Wildman–Crippen MR) is 82.1 cm³/mol. The Bertz CT molecular complexity index is 501. The van der Waals surface area contributed by atoms with Crippen LogP contribution in [0.25, 0.3) is 0 Å². The van der Waals surface area contributed by atoms with E-state index < -0.39 is 5.97 Å². The molecule has 0 saturated carbocycles. The van der Waals surface area contributed by atoms with Gasteiger partial charge in [0.15, 0.2) is 0 Å². The first-order valence-corrected chi connectivity index (χ1v) is 7.95. The van der Waals surface area contributed by atoms with Crippen LogP contribution in [0.3, 0.4) is 0 Å². The van der Waals surface area contributed by atoms with Gasteiger partial charge < -0.3 is 15.3 Å². The van der Waals surface area contributed by atoms with Gasteiger partial charge in [0.05, 0.1) is 10.9 Å². The van der Waals surface area contributed by atoms with Gasteiger partial charge in [-0.25, -0.2) is 4.79 Å². The molecule has 1 saturated heterocycles. The van der Waals surface area contributed by atoms with Crippen molar-refractivity contribution in [1.29, 1.82) is 0 Å². The van der Waals surface area contributed by atoms with E-state index in [1.165, 1.54) is 11.3 Å². The number of hydrogen-bond acceptors (Lipinski definition) is 4. The molecule has 2 N–H and O–H groups in total. The fraction of sp³-hybridized carbons (Fsp3) is 0.538. The summed E-state index contributed by atoms with van der Waals surface area (Å²) >= 11 is 7.37. The number of amides is 2. The second kappa shape index (κ2) is 7.63. The lowest BCUT2D eigenvalue weighted by Crippen LogP contribution is -2.52. The van der Waals surface area contributed by atoms with Crippen LogP contribution in [-0.4, -0.2) is 66.2 Å². The van der Waals surface area contributed by atoms with E-state index in [1.807, 2.05) is 17.0 Å². The van der Waals surface area contributed by atoms with Gasteiger partial charge in [0.2, 0.25) is 0 Å². The molecule has 1 aliphatic rings. The third-order valence-corrected chi connectivity index (χ3v) is 4.59. The summed E-state index contributed by atoms with van der Waals surface area (Å²) in [4.78, 5) is 27.3. The predicted octanol–water partition coefficient (Wildman–Crippen LogP) is 1.36. The zero-order valence-corrected chi connectivity index (χ0v) is 13.1. The van der Waals surface area contributed by atoms with Crippen molar-refractivity contribution in [3.05, 3.63) is 21.3 Å². The number of piperazine rings is 1. The number of nitrogens with one attached hydrogen (secondary N) is 1. The lowest BCUT2D eigenvalue weighted by molar-refractivity contribution is -0.138. The van der Waals surface area contributed by atoms with Crippen molar-refractivity contribution in [3.63, 3.8) is 0 Å². The van der Waals surface area contributed by atoms with E-state index in [-0.39, 0.29) is 12.6 Å². The molecule has 1 aromatic heterocycles. The highest BCUT2D eigenvalue weighted by molar-refractivity contribution is 7.16. The standard InChI is InChI=1S/C13H18ClN3O3S/c14-11-2-1-10(21-11)3-4-15-13(20)17-7-5-16(6-8-17)9-12(18)19/h1-2H,3-9H2,(H,15,20)(H,18,19). The third-order valence-electron chi connectivity index (χ3n) is 3.29. The SMILES string of the molecule is O=C(O)CN1CCN(C(=O)NCCc2ccc(Cl)s2)CC1. The van der Waals surface area contributed by atoms with Crippen molar-refractivity contribution in [1.82, 2.24) is 15.1 Å². The molecule has 0 aliphatic carbocycles. The molecular formula is C13H18ClN3O3S. The normalized spacial score (nSPS) is 16.0. The van der Waals surface area contributed by atoms with Crippen LogP contribution in [-0.2, 0) is 11.2 Å². The first-order chi connectivity index (χ1) is 10.0. The average Bonchev–Trinajstić information content (AvgIpc) is 2.84. The third kappa shape index (κ3) is 5.18. The Balaban J connectivity index is 1.66. The number of carbonyl (C=O) groups is 2. The maximum absolute atomic E-state index is 12.0. The van der Waals surface area contributed by atoms with Gasteiger partial charge in [0.1, 0.15) is 0 Å². The Kier molecular flexibility index (Phi) is 5.84. The van der Waals surface area contributed by atoms with Crippen molar-refractivity contribution in [2.45, 2.75) is 6.42 Å². The van der Waals surface area contributed by atoms with E-state index >= 15 is 0 Å². The van der Waals surface area contributed by atoms with Crippen LogP contribution in [0.15, 0.2) is 12.1 Å². The molecule has 1 aromatic rings. The summed E-state index contributed by atoms with van der Waals surface area (Å²) in [5.74, 6) is -0.831. The maximum atomic E-state index is 12.0. The van der Waals surface area contributed by atoms with Gasteiger partial charge in [0.25, 0.3) is 0 Å². The Hall–Kier alpha value is -1.31. The van der Waals surface area contributed by atoms with Crippen LogP contribution in [0.1, 0.15) is 4.88 Å². The number of aliphatic carboxylic acids is 1. The number of nitrogens with zero attached hydrogens (tertiary/aromatic N) is 2. The van der Waals surface area contributed by atoms with E-state index in [0.717, 1.165) is 15.6 Å². The lowest BCUT2D eigenvalue weighted by atomic mass is 10.3. The van der Waals surface area contributed by atoms with E-state index in [4.69, 9.17) is 16.7 Å². The molecule has 0 aromatic carbocycles. The van der Waals surface area contributed by atoms with Gasteiger partial charge in [-0.1, -0.05) is 11.6 Å². The summed E-state index contributed by atoms with van der Waals surface area (Å²) in [5.41, 5.74) is 0. The molecule has 116 valence electrons. The van der Waals surface area contributed by atoms with Crippen LogP contribution in [0, 0.1) is 0 Å². The number of hydrogen-bond donors (Lipinski definition) is 2. The van der Waals surface area contributed by atoms with Gasteiger partial charge in [-0.3, -0.25) is 9.69 Å². The quantitative estimate of drug-likeness (QED) is 0.854. The molecular weight excluding hydrogens is 314 g/mol. The zero-order valence-electron chi connectivity index (χ0n) is 11.5. The molecule has 1 fully saturated rings. The number of carbonyl (C=O) groups excluding carboxylic acids is 1. The van der Waals surface area contributed by atoms with Gasteiger partial charge >= 0.3 is 12.0 Å². The van der Waals surface area contributed by atoms with E-state index in [1.54, 1.807) is 4.90 Å². The van der Waals surface area contributed by atoms with Crippen molar-refractivity contribution < 1.29 is 14.7 Å². The lowest BCUT2D eigenvalue weighted by Gasteiger charge is -2.33. The maximum Gasteiger partial charge on any atom is 0.317 e. The highest BCUT2D eigenvalue weighted by Crippen LogP contribution is 2.21. The highest BCUT2D eigenvalue weighted by atomic mass is 35.5. The summed E-state index contributed by atoms with van der Waals surface area (Å²) in [6.45, 7) is 2.92. The molecule has 0 spiro atoms. The topological polar surface area (TPSA) is 72.9 Å². The summed E-state index contributed by atoms with van der Waals surface area (Å²) < 4.78 is 0.755. The number of carboxylic acids is 1. The molecule has 2 rings (SSSR count). The molecule has 0 unspecified atom stereocenters. The molecule has 0 bridgehead atoms. The largest absolute Gasteiger partial charge is 0.480 e. The van der Waals surface area contributed by atoms with Crippen LogP contribution < -0.4 is 5.32 Å². The van der Waals surface area contributed by atoms with Crippen molar-refractivity contribution in [2.24, 2.45) is 0 Å². The average molecular weight is 332 g/mol. The molecule has 21 heavy (non-hydrogen) atoms. The van der Waals surface area contributed by atoms with Crippen LogP contribution >= 0.6 is 22.9 Å². The fourth-order valence-electron chi connectivity index (χ4n) is 2.19. The summed E-state index contributed by atoms with van der Waals surface area (Å²) in [6, 6.07) is 3.72. The fourth-order valence-corrected chi connectivity index (χ4v) is 3.28. The van der Waals surface area contributed by atoms with Crippen LogP contribution in [0.4, 0.5) is 4.79 Å². The molecule has 0 atom stereocenters. The first kappa shape index (κ1) is 16.1. The summed E-state index contributed by atoms with van der Waals surface area (Å²) in [7, 11) is 0. The molecule has 0 radical (unpaired) electrons. The smallest absolute Gasteiger partial charge is 0.317 e. The summed E-state index contributed by atoms with van der Waals surface area (Å²) in [6.07, 6.45) is 0.766. The van der Waals surface area contributed by atoms with Crippen molar-refractivity contribution in [2.75, 3.05) is 39.3 Å².